The van der Waals surface area contributed by atoms with E-state index in [-0.39, 0.29) is 17.7 Å². The first-order chi connectivity index (χ1) is 19.7. The van der Waals surface area contributed by atoms with E-state index < -0.39 is 23.2 Å². The largest absolute Gasteiger partial charge is 0.384 e. The Hall–Kier alpha value is -4.34. The fraction of sp³-hybridized carbons (Fsp3) is 0.312. The van der Waals surface area contributed by atoms with Crippen LogP contribution in [0.2, 0.25) is 0 Å². The number of amides is 2. The van der Waals surface area contributed by atoms with Crippen molar-refractivity contribution >= 4 is 17.6 Å². The van der Waals surface area contributed by atoms with Gasteiger partial charge in [0.05, 0.1) is 29.5 Å². The Morgan fingerprint density at radius 3 is 2.66 bits per heavy atom. The highest BCUT2D eigenvalue weighted by Gasteiger charge is 2.51. The number of rotatable bonds is 4. The first-order valence-electron chi connectivity index (χ1n) is 14.0. The van der Waals surface area contributed by atoms with Crippen LogP contribution in [0.1, 0.15) is 82.5 Å². The summed E-state index contributed by atoms with van der Waals surface area (Å²) in [7, 11) is 0. The SMILES string of the molecule is CC(C)(O)c1cnc2n1C(N)C(c1ccccc1)CC2NC(=O)c1ccc2c(c1)CC1(C2)C(=O)Nc2ncccc21. The number of hydrogen-bond donors (Lipinski definition) is 4. The van der Waals surface area contributed by atoms with Gasteiger partial charge in [0, 0.05) is 23.2 Å². The molecule has 3 aliphatic rings. The van der Waals surface area contributed by atoms with E-state index in [9.17, 15) is 14.7 Å². The van der Waals surface area contributed by atoms with Crippen molar-refractivity contribution in [2.24, 2.45) is 5.73 Å². The minimum Gasteiger partial charge on any atom is -0.384 e. The zero-order valence-corrected chi connectivity index (χ0v) is 23.0. The summed E-state index contributed by atoms with van der Waals surface area (Å²) < 4.78 is 1.88. The quantitative estimate of drug-likeness (QED) is 0.308. The molecule has 2 aromatic carbocycles. The molecule has 7 rings (SSSR count). The van der Waals surface area contributed by atoms with Gasteiger partial charge in [-0.3, -0.25) is 9.59 Å². The topological polar surface area (TPSA) is 135 Å². The summed E-state index contributed by atoms with van der Waals surface area (Å²) in [4.78, 5) is 35.8. The molecule has 4 unspecified atom stereocenters. The van der Waals surface area contributed by atoms with Crippen LogP contribution in [0.5, 0.6) is 0 Å². The highest BCUT2D eigenvalue weighted by Crippen LogP contribution is 2.47. The van der Waals surface area contributed by atoms with E-state index in [4.69, 9.17) is 5.73 Å². The normalized spacial score (nSPS) is 24.5. The number of carbonyl (C=O) groups excluding carboxylic acids is 2. The fourth-order valence-corrected chi connectivity index (χ4v) is 6.88. The molecule has 0 saturated carbocycles. The van der Waals surface area contributed by atoms with Crippen LogP contribution in [0.15, 0.2) is 73.1 Å². The van der Waals surface area contributed by atoms with Crippen molar-refractivity contribution in [3.05, 3.63) is 112 Å². The number of imidazole rings is 1. The highest BCUT2D eigenvalue weighted by atomic mass is 16.3. The zero-order chi connectivity index (χ0) is 28.5. The molecule has 9 nitrogen and oxygen atoms in total. The number of hydrogen-bond acceptors (Lipinski definition) is 6. The van der Waals surface area contributed by atoms with Crippen molar-refractivity contribution in [3.63, 3.8) is 0 Å². The molecule has 9 heteroatoms. The summed E-state index contributed by atoms with van der Waals surface area (Å²) in [5, 5.41) is 17.0. The average Bonchev–Trinajstić information content (AvgIpc) is 3.65. The lowest BCUT2D eigenvalue weighted by Gasteiger charge is -2.38. The van der Waals surface area contributed by atoms with Crippen LogP contribution in [-0.2, 0) is 28.7 Å². The van der Waals surface area contributed by atoms with E-state index >= 15 is 0 Å². The van der Waals surface area contributed by atoms with Crippen molar-refractivity contribution in [2.75, 3.05) is 5.32 Å². The van der Waals surface area contributed by atoms with Crippen LogP contribution in [-0.4, -0.2) is 31.5 Å². The van der Waals surface area contributed by atoms with Gasteiger partial charge in [-0.05, 0) is 68.0 Å². The van der Waals surface area contributed by atoms with Gasteiger partial charge in [-0.2, -0.15) is 0 Å². The number of pyridine rings is 1. The van der Waals surface area contributed by atoms with Crippen molar-refractivity contribution in [1.29, 1.82) is 0 Å². The lowest BCUT2D eigenvalue weighted by Crippen LogP contribution is -2.42. The van der Waals surface area contributed by atoms with Gasteiger partial charge in [0.1, 0.15) is 17.2 Å². The van der Waals surface area contributed by atoms with E-state index in [2.05, 4.69) is 20.6 Å². The van der Waals surface area contributed by atoms with Crippen LogP contribution in [0.25, 0.3) is 0 Å². The van der Waals surface area contributed by atoms with E-state index in [1.807, 2.05) is 65.2 Å². The van der Waals surface area contributed by atoms with E-state index in [1.165, 1.54) is 0 Å². The number of aromatic nitrogens is 3. The third-order valence-electron chi connectivity index (χ3n) is 8.94. The van der Waals surface area contributed by atoms with Crippen molar-refractivity contribution in [2.45, 2.75) is 62.3 Å². The van der Waals surface area contributed by atoms with Crippen molar-refractivity contribution in [3.8, 4) is 0 Å². The highest BCUT2D eigenvalue weighted by molar-refractivity contribution is 6.06. The number of benzene rings is 2. The van der Waals surface area contributed by atoms with Gasteiger partial charge in [0.15, 0.2) is 0 Å². The predicted molar refractivity (Wildman–Crippen MR) is 153 cm³/mol. The van der Waals surface area contributed by atoms with Crippen molar-refractivity contribution < 1.29 is 14.7 Å². The molecule has 4 heterocycles. The molecule has 1 aliphatic carbocycles. The van der Waals surface area contributed by atoms with Gasteiger partial charge in [0.25, 0.3) is 5.91 Å². The fourth-order valence-electron chi connectivity index (χ4n) is 6.88. The summed E-state index contributed by atoms with van der Waals surface area (Å²) >= 11 is 0. The minimum atomic E-state index is -1.16. The predicted octanol–water partition coefficient (Wildman–Crippen LogP) is 3.61. The number of anilines is 1. The lowest BCUT2D eigenvalue weighted by molar-refractivity contribution is -0.120. The summed E-state index contributed by atoms with van der Waals surface area (Å²) in [6.45, 7) is 3.42. The molecule has 2 amide bonds. The van der Waals surface area contributed by atoms with Crippen LogP contribution in [0, 0.1) is 0 Å². The molecular formula is C32H32N6O3. The standard InChI is InChI=1S/C32H32N6O3/c1-31(2,41)25-17-35-28-24(14-22(26(33)38(25)28)18-7-4-3-5-8-18)36-29(39)19-10-11-20-15-32(16-21(20)13-19)23-9-6-12-34-27(23)37-30(32)40/h3-13,17,22,24,26,41H,14-16,33H2,1-2H3,(H,36,39)(H,34,37,40). The molecule has 0 saturated heterocycles. The van der Waals surface area contributed by atoms with Gasteiger partial charge in [-0.15, -0.1) is 0 Å². The van der Waals surface area contributed by atoms with Crippen LogP contribution < -0.4 is 16.4 Å². The maximum atomic E-state index is 13.7. The monoisotopic (exact) mass is 548 g/mol. The van der Waals surface area contributed by atoms with Gasteiger partial charge >= 0.3 is 0 Å². The first kappa shape index (κ1) is 25.6. The van der Waals surface area contributed by atoms with Crippen LogP contribution in [0.3, 0.4) is 0 Å². The van der Waals surface area contributed by atoms with Gasteiger partial charge in [0.2, 0.25) is 5.91 Å². The summed E-state index contributed by atoms with van der Waals surface area (Å²) in [5.41, 5.74) is 10.1. The molecule has 4 atom stereocenters. The van der Waals surface area contributed by atoms with Crippen LogP contribution >= 0.6 is 0 Å². The molecule has 4 aromatic rings. The summed E-state index contributed by atoms with van der Waals surface area (Å²) in [5.74, 6) is 0.875. The molecule has 0 bridgehead atoms. The maximum Gasteiger partial charge on any atom is 0.251 e. The Kier molecular flexibility index (Phi) is 5.68. The third-order valence-corrected chi connectivity index (χ3v) is 8.94. The third kappa shape index (κ3) is 3.99. The molecule has 41 heavy (non-hydrogen) atoms. The number of fused-ring (bicyclic) bond motifs is 4. The number of aliphatic hydroxyl groups is 1. The average molecular weight is 549 g/mol. The van der Waals surface area contributed by atoms with E-state index in [0.717, 1.165) is 22.3 Å². The van der Waals surface area contributed by atoms with E-state index in [1.54, 1.807) is 26.2 Å². The molecule has 1 spiro atoms. The number of nitrogens with zero attached hydrogens (tertiary/aromatic N) is 3. The zero-order valence-electron chi connectivity index (χ0n) is 23.0. The van der Waals surface area contributed by atoms with Gasteiger partial charge in [-0.25, -0.2) is 9.97 Å². The second-order valence-electron chi connectivity index (χ2n) is 12.0. The summed E-state index contributed by atoms with van der Waals surface area (Å²) in [6, 6.07) is 19.1. The number of carbonyl (C=O) groups is 2. The van der Waals surface area contributed by atoms with E-state index in [0.29, 0.717) is 42.2 Å². The molecule has 208 valence electrons. The maximum absolute atomic E-state index is 13.7. The Balaban J connectivity index is 1.19. The smallest absolute Gasteiger partial charge is 0.251 e. The van der Waals surface area contributed by atoms with Gasteiger partial charge in [-0.1, -0.05) is 42.5 Å². The Morgan fingerprint density at radius 2 is 1.88 bits per heavy atom. The lowest BCUT2D eigenvalue weighted by atomic mass is 9.79. The Labute approximate surface area is 237 Å². The Bertz CT molecular complexity index is 1690. The minimum absolute atomic E-state index is 0.0478. The number of nitrogens with one attached hydrogen (secondary N) is 2. The summed E-state index contributed by atoms with van der Waals surface area (Å²) in [6.07, 6.45) is 4.54. The first-order valence-corrected chi connectivity index (χ1v) is 14.0. The van der Waals surface area contributed by atoms with Crippen molar-refractivity contribution in [1.82, 2.24) is 19.9 Å². The molecule has 0 fully saturated rings. The second kappa shape index (κ2) is 9.09. The Morgan fingerprint density at radius 1 is 1.10 bits per heavy atom. The molecule has 2 aromatic heterocycles. The van der Waals surface area contributed by atoms with Gasteiger partial charge < -0.3 is 26.0 Å². The van der Waals surface area contributed by atoms with Crippen LogP contribution in [0.4, 0.5) is 5.82 Å². The number of nitrogens with two attached hydrogens (primary N) is 1. The molecular weight excluding hydrogens is 516 g/mol. The molecule has 2 aliphatic heterocycles. The second-order valence-corrected chi connectivity index (χ2v) is 12.0. The molecule has 0 radical (unpaired) electrons. The molecule has 5 N–H and O–H groups in total.